The summed E-state index contributed by atoms with van der Waals surface area (Å²) >= 11 is 0.552. The lowest BCUT2D eigenvalue weighted by molar-refractivity contribution is 0.418. The number of aromatic hydroxyl groups is 1. The van der Waals surface area contributed by atoms with E-state index in [4.69, 9.17) is 0 Å². The average Bonchev–Trinajstić information content (AvgIpc) is 2.77. The van der Waals surface area contributed by atoms with Crippen LogP contribution in [0.4, 0.5) is 23.2 Å². The predicted octanol–water partition coefficient (Wildman–Crippen LogP) is 8.75. The van der Waals surface area contributed by atoms with Gasteiger partial charge in [0, 0.05) is 27.8 Å². The number of phenolic OH excluding ortho intramolecular Hbond substituents is 1. The quantitative estimate of drug-likeness (QED) is 0.219. The number of nitrogens with zero attached hydrogens (tertiary/aromatic N) is 1. The van der Waals surface area contributed by atoms with Crippen molar-refractivity contribution < 1.29 is 22.7 Å². The Morgan fingerprint density at radius 3 is 1.94 bits per heavy atom. The van der Waals surface area contributed by atoms with E-state index in [9.17, 15) is 22.7 Å². The van der Waals surface area contributed by atoms with Crippen LogP contribution in [0, 0.1) is 30.2 Å². The zero-order valence-corrected chi connectivity index (χ0v) is 21.7. The topological polar surface area (TPSA) is 32.6 Å². The standard InChI is InChI=1S/C28H29F4NOS/c1-15-21(29)23(31)26(24(32)22(15)30)35-20-11-9-8-10-19(20)33-14-16-12-17(27(2,3)4)13-18(25(16)34)28(5,6)7/h8-14,34H,1-7H3. The van der Waals surface area contributed by atoms with Crippen molar-refractivity contribution in [2.45, 2.75) is 69.1 Å². The molecule has 1 N–H and O–H groups in total. The third-order valence-corrected chi connectivity index (χ3v) is 6.80. The van der Waals surface area contributed by atoms with Crippen LogP contribution in [-0.4, -0.2) is 11.3 Å². The fourth-order valence-corrected chi connectivity index (χ4v) is 4.42. The molecule has 2 nitrogen and oxygen atoms in total. The van der Waals surface area contributed by atoms with E-state index in [0.29, 0.717) is 27.9 Å². The number of phenols is 1. The number of halogens is 4. The van der Waals surface area contributed by atoms with Gasteiger partial charge >= 0.3 is 0 Å². The molecular weight excluding hydrogens is 474 g/mol. The van der Waals surface area contributed by atoms with Gasteiger partial charge in [0.1, 0.15) is 5.75 Å². The normalized spacial score (nSPS) is 12.5. The molecule has 3 aromatic carbocycles. The maximum atomic E-state index is 14.5. The second kappa shape index (κ2) is 9.69. The Morgan fingerprint density at radius 1 is 0.829 bits per heavy atom. The Labute approximate surface area is 208 Å². The molecule has 0 saturated heterocycles. The van der Waals surface area contributed by atoms with Gasteiger partial charge in [0.05, 0.1) is 10.6 Å². The molecule has 0 aromatic heterocycles. The minimum absolute atomic E-state index is 0.0964. The van der Waals surface area contributed by atoms with Gasteiger partial charge in [0.25, 0.3) is 0 Å². The van der Waals surface area contributed by atoms with Gasteiger partial charge < -0.3 is 5.11 Å². The summed E-state index contributed by atoms with van der Waals surface area (Å²) in [6.45, 7) is 13.2. The van der Waals surface area contributed by atoms with Gasteiger partial charge in [-0.05, 0) is 41.5 Å². The van der Waals surface area contributed by atoms with Crippen molar-refractivity contribution in [3.63, 3.8) is 0 Å². The molecule has 3 aromatic rings. The molecule has 0 aliphatic rings. The van der Waals surface area contributed by atoms with Crippen LogP contribution in [0.5, 0.6) is 5.75 Å². The molecule has 0 unspecified atom stereocenters. The van der Waals surface area contributed by atoms with Crippen LogP contribution in [0.2, 0.25) is 0 Å². The lowest BCUT2D eigenvalue weighted by Crippen LogP contribution is -2.17. The maximum Gasteiger partial charge on any atom is 0.176 e. The highest BCUT2D eigenvalue weighted by Crippen LogP contribution is 2.41. The largest absolute Gasteiger partial charge is 0.507 e. The van der Waals surface area contributed by atoms with Crippen molar-refractivity contribution in [2.24, 2.45) is 4.99 Å². The van der Waals surface area contributed by atoms with Crippen molar-refractivity contribution in [1.82, 2.24) is 0 Å². The van der Waals surface area contributed by atoms with Gasteiger partial charge in [-0.2, -0.15) is 0 Å². The third-order valence-electron chi connectivity index (χ3n) is 5.68. The third kappa shape index (κ3) is 5.56. The van der Waals surface area contributed by atoms with E-state index in [1.165, 1.54) is 6.21 Å². The summed E-state index contributed by atoms with van der Waals surface area (Å²) in [5.74, 6) is -5.65. The molecule has 0 aliphatic heterocycles. The highest BCUT2D eigenvalue weighted by Gasteiger charge is 2.26. The highest BCUT2D eigenvalue weighted by molar-refractivity contribution is 7.99. The summed E-state index contributed by atoms with van der Waals surface area (Å²) in [4.78, 5) is 3.98. The predicted molar refractivity (Wildman–Crippen MR) is 134 cm³/mol. The smallest absolute Gasteiger partial charge is 0.176 e. The molecule has 0 heterocycles. The maximum absolute atomic E-state index is 14.5. The van der Waals surface area contributed by atoms with Gasteiger partial charge in [0.15, 0.2) is 23.3 Å². The zero-order valence-electron chi connectivity index (χ0n) is 20.9. The first-order valence-electron chi connectivity index (χ1n) is 11.1. The monoisotopic (exact) mass is 503 g/mol. The van der Waals surface area contributed by atoms with E-state index in [1.807, 2.05) is 32.9 Å². The summed E-state index contributed by atoms with van der Waals surface area (Å²) < 4.78 is 57.1. The Bertz CT molecular complexity index is 1270. The average molecular weight is 504 g/mol. The molecule has 7 heteroatoms. The molecule has 0 radical (unpaired) electrons. The molecular formula is C28H29F4NOS. The lowest BCUT2D eigenvalue weighted by Gasteiger charge is -2.27. The van der Waals surface area contributed by atoms with Gasteiger partial charge in [-0.1, -0.05) is 71.5 Å². The SMILES string of the molecule is Cc1c(F)c(F)c(Sc2ccccc2N=Cc2cc(C(C)(C)C)cc(C(C)(C)C)c2O)c(F)c1F. The van der Waals surface area contributed by atoms with Gasteiger partial charge in [0.2, 0.25) is 0 Å². The zero-order chi connectivity index (χ0) is 26.3. The van der Waals surface area contributed by atoms with Crippen molar-refractivity contribution in [1.29, 1.82) is 0 Å². The van der Waals surface area contributed by atoms with Crippen molar-refractivity contribution >= 4 is 23.7 Å². The molecule has 186 valence electrons. The molecule has 0 aliphatic carbocycles. The van der Waals surface area contributed by atoms with Crippen LogP contribution in [0.1, 0.15) is 63.8 Å². The van der Waals surface area contributed by atoms with E-state index in [1.54, 1.807) is 24.3 Å². The second-order valence-corrected chi connectivity index (χ2v) is 11.6. The highest BCUT2D eigenvalue weighted by atomic mass is 32.2. The lowest BCUT2D eigenvalue weighted by atomic mass is 9.79. The molecule has 3 rings (SSSR count). The van der Waals surface area contributed by atoms with E-state index >= 15 is 0 Å². The van der Waals surface area contributed by atoms with E-state index in [2.05, 4.69) is 25.8 Å². The Kier molecular flexibility index (Phi) is 7.42. The Morgan fingerprint density at radius 2 is 1.40 bits per heavy atom. The second-order valence-electron chi connectivity index (χ2n) is 10.5. The fraction of sp³-hybridized carbons (Fsp3) is 0.321. The number of aliphatic imine (C=N–C) groups is 1. The van der Waals surface area contributed by atoms with E-state index < -0.39 is 33.7 Å². The molecule has 0 bridgehead atoms. The minimum atomic E-state index is -1.45. The molecule has 0 amide bonds. The van der Waals surface area contributed by atoms with Gasteiger partial charge in [-0.3, -0.25) is 4.99 Å². The summed E-state index contributed by atoms with van der Waals surface area (Å²) in [5.41, 5.74) is 1.39. The van der Waals surface area contributed by atoms with Crippen LogP contribution in [0.15, 0.2) is 51.2 Å². The van der Waals surface area contributed by atoms with Gasteiger partial charge in [-0.15, -0.1) is 0 Å². The summed E-state index contributed by atoms with van der Waals surface area (Å²) in [7, 11) is 0. The molecule has 0 atom stereocenters. The van der Waals surface area contributed by atoms with Crippen LogP contribution in [0.3, 0.4) is 0 Å². The van der Waals surface area contributed by atoms with Crippen molar-refractivity contribution in [2.75, 3.05) is 0 Å². The molecule has 35 heavy (non-hydrogen) atoms. The molecule has 0 fully saturated rings. The van der Waals surface area contributed by atoms with Crippen molar-refractivity contribution in [3.05, 3.63) is 81.9 Å². The van der Waals surface area contributed by atoms with Crippen molar-refractivity contribution in [3.8, 4) is 5.75 Å². The molecule has 0 saturated carbocycles. The number of hydrogen-bond acceptors (Lipinski definition) is 3. The number of rotatable bonds is 4. The number of para-hydroxylation sites is 1. The van der Waals surface area contributed by atoms with Gasteiger partial charge in [-0.25, -0.2) is 17.6 Å². The number of benzene rings is 3. The summed E-state index contributed by atoms with van der Waals surface area (Å²) in [5, 5.41) is 11.0. The number of hydrogen-bond donors (Lipinski definition) is 1. The first-order chi connectivity index (χ1) is 16.1. The van der Waals surface area contributed by atoms with Crippen LogP contribution in [-0.2, 0) is 10.8 Å². The Hall–Kier alpha value is -2.80. The van der Waals surface area contributed by atoms with Crippen LogP contribution in [0.25, 0.3) is 0 Å². The van der Waals surface area contributed by atoms with Crippen LogP contribution >= 0.6 is 11.8 Å². The van der Waals surface area contributed by atoms with Crippen LogP contribution < -0.4 is 0 Å². The summed E-state index contributed by atoms with van der Waals surface area (Å²) in [6.07, 6.45) is 1.49. The first kappa shape index (κ1) is 26.8. The van der Waals surface area contributed by atoms with E-state index in [0.717, 1.165) is 18.1 Å². The Balaban J connectivity index is 2.09. The molecule has 0 spiro atoms. The van der Waals surface area contributed by atoms with E-state index in [-0.39, 0.29) is 16.6 Å². The minimum Gasteiger partial charge on any atom is -0.507 e. The fourth-order valence-electron chi connectivity index (χ4n) is 3.47. The summed E-state index contributed by atoms with van der Waals surface area (Å²) in [6, 6.07) is 10.3. The first-order valence-corrected chi connectivity index (χ1v) is 12.0.